The summed E-state index contributed by atoms with van der Waals surface area (Å²) in [5.74, 6) is 0. The van der Waals surface area contributed by atoms with Gasteiger partial charge in [-0.05, 0) is 110 Å². The quantitative estimate of drug-likeness (QED) is 0.156. The third-order valence-electron chi connectivity index (χ3n) is 11.3. The molecule has 0 saturated carbocycles. The highest BCUT2D eigenvalue weighted by atomic mass is 15.1. The van der Waals surface area contributed by atoms with Crippen LogP contribution in [0.15, 0.2) is 218 Å². The fraction of sp³-hybridized carbons (Fsp3) is 0. The van der Waals surface area contributed by atoms with Gasteiger partial charge in [-0.3, -0.25) is 0 Å². The standard InChI is InChI=1S/C54H36N2/c1-3-14-37(15-4-1)40-21-13-22-44(32-40)55(45-28-30-48-43(33-45)27-26-39-18-9-10-23-47(39)48)53-31-29-46(36-50(53)38-16-5-2-6-17-38)56-52-25-12-11-24-49(52)51-34-41-19-7-8-20-42(41)35-54(51)56/h1-36H. The number of benzene rings is 10. The Kier molecular flexibility index (Phi) is 7.53. The number of hydrogen-bond donors (Lipinski definition) is 0. The molecule has 56 heavy (non-hydrogen) atoms. The smallest absolute Gasteiger partial charge is 0.0547 e. The minimum Gasteiger partial charge on any atom is -0.310 e. The second-order valence-corrected chi connectivity index (χ2v) is 14.6. The van der Waals surface area contributed by atoms with E-state index in [1.807, 2.05) is 0 Å². The lowest BCUT2D eigenvalue weighted by molar-refractivity contribution is 1.18. The fourth-order valence-corrected chi connectivity index (χ4v) is 8.66. The van der Waals surface area contributed by atoms with E-state index in [4.69, 9.17) is 0 Å². The molecule has 11 rings (SSSR count). The van der Waals surface area contributed by atoms with Gasteiger partial charge in [0.15, 0.2) is 0 Å². The van der Waals surface area contributed by atoms with E-state index in [1.165, 1.54) is 65.3 Å². The Morgan fingerprint density at radius 1 is 0.304 bits per heavy atom. The van der Waals surface area contributed by atoms with E-state index in [0.29, 0.717) is 0 Å². The maximum Gasteiger partial charge on any atom is 0.0547 e. The number of rotatable bonds is 6. The molecule has 11 aromatic rings. The SMILES string of the molecule is c1ccc(-c2cccc(N(c3ccc4c(ccc5ccccc54)c3)c3ccc(-n4c5ccccc5c5cc6ccccc6cc54)cc3-c3ccccc3)c2)cc1. The van der Waals surface area contributed by atoms with E-state index < -0.39 is 0 Å². The summed E-state index contributed by atoms with van der Waals surface area (Å²) in [7, 11) is 0. The van der Waals surface area contributed by atoms with Gasteiger partial charge in [0.2, 0.25) is 0 Å². The number of para-hydroxylation sites is 1. The van der Waals surface area contributed by atoms with Crippen LogP contribution in [0.2, 0.25) is 0 Å². The third kappa shape index (κ3) is 5.34. The molecule has 2 nitrogen and oxygen atoms in total. The van der Waals surface area contributed by atoms with Gasteiger partial charge in [-0.1, -0.05) is 158 Å². The van der Waals surface area contributed by atoms with Gasteiger partial charge in [-0.15, -0.1) is 0 Å². The molecule has 1 heterocycles. The van der Waals surface area contributed by atoms with E-state index in [-0.39, 0.29) is 0 Å². The second-order valence-electron chi connectivity index (χ2n) is 14.6. The zero-order valence-electron chi connectivity index (χ0n) is 30.7. The van der Waals surface area contributed by atoms with Crippen LogP contribution in [0.25, 0.3) is 82.1 Å². The summed E-state index contributed by atoms with van der Waals surface area (Å²) in [6.45, 7) is 0. The Bertz CT molecular complexity index is 3250. The predicted molar refractivity (Wildman–Crippen MR) is 239 cm³/mol. The van der Waals surface area contributed by atoms with E-state index in [1.54, 1.807) is 0 Å². The Labute approximate surface area is 325 Å². The van der Waals surface area contributed by atoms with Crippen molar-refractivity contribution in [3.63, 3.8) is 0 Å². The van der Waals surface area contributed by atoms with E-state index in [9.17, 15) is 0 Å². The molecule has 1 aromatic heterocycles. The topological polar surface area (TPSA) is 8.17 Å². The number of fused-ring (bicyclic) bond motifs is 7. The van der Waals surface area contributed by atoms with Crippen molar-refractivity contribution in [2.45, 2.75) is 0 Å². The van der Waals surface area contributed by atoms with Gasteiger partial charge in [0.25, 0.3) is 0 Å². The van der Waals surface area contributed by atoms with Crippen LogP contribution in [0.4, 0.5) is 17.1 Å². The average Bonchev–Trinajstić information content (AvgIpc) is 3.59. The maximum atomic E-state index is 2.44. The third-order valence-corrected chi connectivity index (χ3v) is 11.3. The van der Waals surface area contributed by atoms with Crippen molar-refractivity contribution in [2.24, 2.45) is 0 Å². The number of anilines is 3. The van der Waals surface area contributed by atoms with Gasteiger partial charge in [-0.2, -0.15) is 0 Å². The first-order valence-electron chi connectivity index (χ1n) is 19.3. The summed E-state index contributed by atoms with van der Waals surface area (Å²) in [5.41, 5.74) is 11.5. The highest BCUT2D eigenvalue weighted by Gasteiger charge is 2.21. The highest BCUT2D eigenvalue weighted by Crippen LogP contribution is 2.45. The number of hydrogen-bond acceptors (Lipinski definition) is 1. The molecule has 0 unspecified atom stereocenters. The molecule has 10 aromatic carbocycles. The second kappa shape index (κ2) is 13.2. The molecule has 0 saturated heterocycles. The van der Waals surface area contributed by atoms with Crippen LogP contribution in [-0.2, 0) is 0 Å². The van der Waals surface area contributed by atoms with Crippen LogP contribution in [0.3, 0.4) is 0 Å². The van der Waals surface area contributed by atoms with Crippen molar-refractivity contribution in [3.05, 3.63) is 218 Å². The van der Waals surface area contributed by atoms with Gasteiger partial charge >= 0.3 is 0 Å². The first-order chi connectivity index (χ1) is 27.8. The first kappa shape index (κ1) is 32.0. The molecule has 0 spiro atoms. The summed E-state index contributed by atoms with van der Waals surface area (Å²) in [6.07, 6.45) is 0. The van der Waals surface area contributed by atoms with Gasteiger partial charge in [0.05, 0.1) is 16.7 Å². The Balaban J connectivity index is 1.17. The van der Waals surface area contributed by atoms with Gasteiger partial charge in [0, 0.05) is 33.4 Å². The minimum absolute atomic E-state index is 1.10. The molecule has 0 atom stereocenters. The fourth-order valence-electron chi connectivity index (χ4n) is 8.66. The number of nitrogens with zero attached hydrogens (tertiary/aromatic N) is 2. The molecule has 0 N–H and O–H groups in total. The van der Waals surface area contributed by atoms with Crippen LogP contribution in [-0.4, -0.2) is 4.57 Å². The van der Waals surface area contributed by atoms with Crippen molar-refractivity contribution < 1.29 is 0 Å². The van der Waals surface area contributed by atoms with Crippen LogP contribution in [0.1, 0.15) is 0 Å². The van der Waals surface area contributed by atoms with Crippen LogP contribution in [0, 0.1) is 0 Å². The number of aromatic nitrogens is 1. The summed E-state index contributed by atoms with van der Waals surface area (Å²) >= 11 is 0. The molecule has 0 aliphatic heterocycles. The van der Waals surface area contributed by atoms with E-state index in [0.717, 1.165) is 33.9 Å². The largest absolute Gasteiger partial charge is 0.310 e. The van der Waals surface area contributed by atoms with E-state index in [2.05, 4.69) is 228 Å². The van der Waals surface area contributed by atoms with Crippen molar-refractivity contribution in [2.75, 3.05) is 4.90 Å². The molecule has 262 valence electrons. The van der Waals surface area contributed by atoms with Crippen LogP contribution in [0.5, 0.6) is 0 Å². The van der Waals surface area contributed by atoms with Crippen LogP contribution >= 0.6 is 0 Å². The zero-order chi connectivity index (χ0) is 37.0. The lowest BCUT2D eigenvalue weighted by Gasteiger charge is -2.29. The lowest BCUT2D eigenvalue weighted by atomic mass is 9.98. The molecule has 0 amide bonds. The summed E-state index contributed by atoms with van der Waals surface area (Å²) in [5, 5.41) is 9.97. The van der Waals surface area contributed by atoms with Gasteiger partial charge in [-0.25, -0.2) is 0 Å². The molecule has 0 aliphatic carbocycles. The monoisotopic (exact) mass is 712 g/mol. The van der Waals surface area contributed by atoms with Crippen molar-refractivity contribution >= 4 is 71.2 Å². The molecule has 0 radical (unpaired) electrons. The van der Waals surface area contributed by atoms with Crippen molar-refractivity contribution in [3.8, 4) is 27.9 Å². The first-order valence-corrected chi connectivity index (χ1v) is 19.3. The minimum atomic E-state index is 1.10. The van der Waals surface area contributed by atoms with Gasteiger partial charge < -0.3 is 9.47 Å². The van der Waals surface area contributed by atoms with Crippen molar-refractivity contribution in [1.29, 1.82) is 0 Å². The normalized spacial score (nSPS) is 11.6. The summed E-state index contributed by atoms with van der Waals surface area (Å²) < 4.78 is 2.44. The predicted octanol–water partition coefficient (Wildman–Crippen LogP) is 15.0. The average molecular weight is 713 g/mol. The summed E-state index contributed by atoms with van der Waals surface area (Å²) in [6, 6.07) is 79.7. The Morgan fingerprint density at radius 3 is 1.75 bits per heavy atom. The molecule has 0 aliphatic rings. The Morgan fingerprint density at radius 2 is 0.929 bits per heavy atom. The van der Waals surface area contributed by atoms with Crippen molar-refractivity contribution in [1.82, 2.24) is 4.57 Å². The maximum absolute atomic E-state index is 2.44. The van der Waals surface area contributed by atoms with E-state index >= 15 is 0 Å². The van der Waals surface area contributed by atoms with Crippen LogP contribution < -0.4 is 4.90 Å². The molecule has 2 heteroatoms. The molecule has 0 bridgehead atoms. The molecular weight excluding hydrogens is 677 g/mol. The molecule has 0 fully saturated rings. The van der Waals surface area contributed by atoms with Gasteiger partial charge in [0.1, 0.15) is 0 Å². The summed E-state index contributed by atoms with van der Waals surface area (Å²) in [4.78, 5) is 2.44. The molecular formula is C54H36N2. The highest BCUT2D eigenvalue weighted by molar-refractivity contribution is 6.14. The lowest BCUT2D eigenvalue weighted by Crippen LogP contribution is -2.12. The zero-order valence-corrected chi connectivity index (χ0v) is 30.7. The Hall–Kier alpha value is -7.42.